The zero-order valence-corrected chi connectivity index (χ0v) is 13.2. The molecule has 0 radical (unpaired) electrons. The minimum Gasteiger partial charge on any atom is -0.342 e. The fourth-order valence-corrected chi connectivity index (χ4v) is 3.39. The van der Waals surface area contributed by atoms with Gasteiger partial charge in [0.05, 0.1) is 0 Å². The molecule has 2 rings (SSSR count). The van der Waals surface area contributed by atoms with Crippen molar-refractivity contribution in [2.24, 2.45) is 5.92 Å². The van der Waals surface area contributed by atoms with Crippen molar-refractivity contribution in [1.29, 1.82) is 0 Å². The van der Waals surface area contributed by atoms with Gasteiger partial charge in [0.15, 0.2) is 0 Å². The number of thiophene rings is 1. The van der Waals surface area contributed by atoms with Gasteiger partial charge in [0.2, 0.25) is 11.8 Å². The first-order chi connectivity index (χ1) is 9.41. The van der Waals surface area contributed by atoms with E-state index in [-0.39, 0.29) is 23.8 Å². The molecule has 1 aliphatic rings. The van der Waals surface area contributed by atoms with Gasteiger partial charge in [-0.05, 0) is 48.6 Å². The Morgan fingerprint density at radius 3 is 2.60 bits per heavy atom. The van der Waals surface area contributed by atoms with Gasteiger partial charge in [0, 0.05) is 6.04 Å². The van der Waals surface area contributed by atoms with Crippen molar-refractivity contribution in [1.82, 2.24) is 10.2 Å². The van der Waals surface area contributed by atoms with Crippen molar-refractivity contribution < 1.29 is 9.59 Å². The molecule has 5 heteroatoms. The van der Waals surface area contributed by atoms with Gasteiger partial charge in [-0.2, -0.15) is 11.3 Å². The number of carbonyl (C=O) groups is 2. The summed E-state index contributed by atoms with van der Waals surface area (Å²) in [6, 6.07) is 1.30. The lowest BCUT2D eigenvalue weighted by molar-refractivity contribution is -0.152. The van der Waals surface area contributed by atoms with Crippen LogP contribution in [0.5, 0.6) is 0 Å². The van der Waals surface area contributed by atoms with Crippen LogP contribution in [-0.4, -0.2) is 34.8 Å². The van der Waals surface area contributed by atoms with Gasteiger partial charge in [0.25, 0.3) is 0 Å². The number of rotatable bonds is 4. The lowest BCUT2D eigenvalue weighted by Crippen LogP contribution is -2.66. The Morgan fingerprint density at radius 2 is 2.05 bits per heavy atom. The summed E-state index contributed by atoms with van der Waals surface area (Å²) in [5, 5.41) is 6.96. The lowest BCUT2D eigenvalue weighted by Gasteiger charge is -2.42. The van der Waals surface area contributed by atoms with Crippen LogP contribution in [0.3, 0.4) is 0 Å². The van der Waals surface area contributed by atoms with E-state index in [1.165, 1.54) is 5.56 Å². The largest absolute Gasteiger partial charge is 0.342 e. The first-order valence-corrected chi connectivity index (χ1v) is 7.99. The second kappa shape index (κ2) is 5.95. The highest BCUT2D eigenvalue weighted by Crippen LogP contribution is 2.21. The first kappa shape index (κ1) is 15.0. The average molecular weight is 294 g/mol. The molecule has 2 amide bonds. The van der Waals surface area contributed by atoms with E-state index in [0.29, 0.717) is 0 Å². The molecule has 1 fully saturated rings. The van der Waals surface area contributed by atoms with E-state index in [1.807, 2.05) is 26.2 Å². The molecule has 0 aliphatic carbocycles. The quantitative estimate of drug-likeness (QED) is 0.924. The van der Waals surface area contributed by atoms with Gasteiger partial charge in [-0.3, -0.25) is 9.59 Å². The van der Waals surface area contributed by atoms with Crippen molar-refractivity contribution >= 4 is 23.2 Å². The number of nitrogens with zero attached hydrogens (tertiary/aromatic N) is 1. The summed E-state index contributed by atoms with van der Waals surface area (Å²) in [6.45, 7) is 7.73. The predicted molar refractivity (Wildman–Crippen MR) is 80.6 cm³/mol. The number of hydrogen-bond donors (Lipinski definition) is 1. The van der Waals surface area contributed by atoms with Crippen LogP contribution in [0.1, 0.15) is 33.3 Å². The molecular formula is C15H22N2O2S. The van der Waals surface area contributed by atoms with Gasteiger partial charge in [-0.1, -0.05) is 13.8 Å². The standard InChI is InChI=1S/C15H22N2O2S/c1-9(2)13-15(19)17(11(4)14(18)16-13)10(3)7-12-5-6-20-8-12/h5-6,8-11,13H,7H2,1-4H3,(H,16,18). The molecule has 1 saturated heterocycles. The Bertz CT molecular complexity index is 484. The summed E-state index contributed by atoms with van der Waals surface area (Å²) >= 11 is 1.65. The summed E-state index contributed by atoms with van der Waals surface area (Å²) < 4.78 is 0. The van der Waals surface area contributed by atoms with Crippen LogP contribution in [-0.2, 0) is 16.0 Å². The molecule has 1 aromatic heterocycles. The fourth-order valence-electron chi connectivity index (χ4n) is 2.71. The van der Waals surface area contributed by atoms with E-state index in [1.54, 1.807) is 23.2 Å². The van der Waals surface area contributed by atoms with Crippen LogP contribution < -0.4 is 5.32 Å². The van der Waals surface area contributed by atoms with Gasteiger partial charge < -0.3 is 10.2 Å². The Morgan fingerprint density at radius 1 is 1.35 bits per heavy atom. The van der Waals surface area contributed by atoms with Gasteiger partial charge in [-0.25, -0.2) is 0 Å². The Balaban J connectivity index is 2.17. The Hall–Kier alpha value is -1.36. The van der Waals surface area contributed by atoms with Crippen LogP contribution in [0.15, 0.2) is 16.8 Å². The smallest absolute Gasteiger partial charge is 0.246 e. The molecule has 0 bridgehead atoms. The minimum atomic E-state index is -0.399. The van der Waals surface area contributed by atoms with E-state index in [2.05, 4.69) is 16.8 Å². The Kier molecular flexibility index (Phi) is 4.48. The van der Waals surface area contributed by atoms with Crippen molar-refractivity contribution in [2.75, 3.05) is 0 Å². The molecular weight excluding hydrogens is 272 g/mol. The molecule has 0 aromatic carbocycles. The number of amides is 2. The van der Waals surface area contributed by atoms with Crippen molar-refractivity contribution in [2.45, 2.75) is 52.2 Å². The van der Waals surface area contributed by atoms with Crippen LogP contribution >= 0.6 is 11.3 Å². The van der Waals surface area contributed by atoms with Crippen LogP contribution in [0, 0.1) is 5.92 Å². The normalized spacial score (nSPS) is 24.9. The molecule has 1 aliphatic heterocycles. The second-order valence-electron chi connectivity index (χ2n) is 5.84. The summed E-state index contributed by atoms with van der Waals surface area (Å²) in [4.78, 5) is 26.4. The number of carbonyl (C=O) groups excluding carboxylic acids is 2. The summed E-state index contributed by atoms with van der Waals surface area (Å²) in [7, 11) is 0. The molecule has 1 N–H and O–H groups in total. The molecule has 0 saturated carbocycles. The molecule has 1 aromatic rings. The van der Waals surface area contributed by atoms with Crippen molar-refractivity contribution in [3.05, 3.63) is 22.4 Å². The van der Waals surface area contributed by atoms with Gasteiger partial charge >= 0.3 is 0 Å². The second-order valence-corrected chi connectivity index (χ2v) is 6.62. The van der Waals surface area contributed by atoms with E-state index >= 15 is 0 Å². The fraction of sp³-hybridized carbons (Fsp3) is 0.600. The highest BCUT2D eigenvalue weighted by Gasteiger charge is 2.41. The van der Waals surface area contributed by atoms with Gasteiger partial charge in [0.1, 0.15) is 12.1 Å². The average Bonchev–Trinajstić information content (AvgIpc) is 2.86. The number of piperazine rings is 1. The monoisotopic (exact) mass is 294 g/mol. The maximum Gasteiger partial charge on any atom is 0.246 e. The third kappa shape index (κ3) is 2.87. The molecule has 0 spiro atoms. The molecule has 4 nitrogen and oxygen atoms in total. The van der Waals surface area contributed by atoms with E-state index in [4.69, 9.17) is 0 Å². The summed E-state index contributed by atoms with van der Waals surface area (Å²) in [5.41, 5.74) is 1.22. The molecule has 20 heavy (non-hydrogen) atoms. The zero-order valence-electron chi connectivity index (χ0n) is 12.4. The van der Waals surface area contributed by atoms with E-state index in [9.17, 15) is 9.59 Å². The molecule has 2 heterocycles. The first-order valence-electron chi connectivity index (χ1n) is 7.05. The maximum atomic E-state index is 12.6. The van der Waals surface area contributed by atoms with E-state index < -0.39 is 12.1 Å². The molecule has 110 valence electrons. The topological polar surface area (TPSA) is 49.4 Å². The lowest BCUT2D eigenvalue weighted by atomic mass is 9.96. The predicted octanol–water partition coefficient (Wildman–Crippen LogP) is 2.05. The molecule has 3 atom stereocenters. The maximum absolute atomic E-state index is 12.6. The number of nitrogens with one attached hydrogen (secondary N) is 1. The SMILES string of the molecule is CC(C)C1NC(=O)C(C)N(C(C)Cc2ccsc2)C1=O. The van der Waals surface area contributed by atoms with Crippen LogP contribution in [0.25, 0.3) is 0 Å². The third-order valence-corrected chi connectivity index (χ3v) is 4.60. The Labute approximate surface area is 124 Å². The van der Waals surface area contributed by atoms with Crippen LogP contribution in [0.4, 0.5) is 0 Å². The zero-order chi connectivity index (χ0) is 14.9. The van der Waals surface area contributed by atoms with Crippen LogP contribution in [0.2, 0.25) is 0 Å². The van der Waals surface area contributed by atoms with Crippen molar-refractivity contribution in [3.8, 4) is 0 Å². The summed E-state index contributed by atoms with van der Waals surface area (Å²) in [5.74, 6) is 0.0881. The minimum absolute atomic E-state index is 0.0272. The van der Waals surface area contributed by atoms with Crippen molar-refractivity contribution in [3.63, 3.8) is 0 Å². The molecule has 3 unspecified atom stereocenters. The number of hydrogen-bond acceptors (Lipinski definition) is 3. The summed E-state index contributed by atoms with van der Waals surface area (Å²) in [6.07, 6.45) is 0.789. The highest BCUT2D eigenvalue weighted by atomic mass is 32.1. The highest BCUT2D eigenvalue weighted by molar-refractivity contribution is 7.07. The third-order valence-electron chi connectivity index (χ3n) is 3.87. The van der Waals surface area contributed by atoms with Gasteiger partial charge in [-0.15, -0.1) is 0 Å². The van der Waals surface area contributed by atoms with E-state index in [0.717, 1.165) is 6.42 Å².